The Kier molecular flexibility index (Phi) is 4.37. The zero-order valence-corrected chi connectivity index (χ0v) is 9.62. The first-order valence-corrected chi connectivity index (χ1v) is 4.79. The van der Waals surface area contributed by atoms with Gasteiger partial charge in [0, 0.05) is 0 Å². The molecule has 0 heterocycles. The minimum Gasteiger partial charge on any atom is -0.493 e. The number of nitrogens with two attached hydrogens (primary N) is 1. The zero-order valence-electron chi connectivity index (χ0n) is 9.62. The summed E-state index contributed by atoms with van der Waals surface area (Å²) in [7, 11) is 4.51. The molecule has 0 aromatic heterocycles. The molecular weight excluding hydrogens is 213 g/mol. The van der Waals surface area contributed by atoms with Gasteiger partial charge in [0.15, 0.2) is 11.5 Å². The van der Waals surface area contributed by atoms with E-state index in [2.05, 4.69) is 0 Å². The summed E-state index contributed by atoms with van der Waals surface area (Å²) < 4.78 is 27.9. The van der Waals surface area contributed by atoms with Crippen molar-refractivity contribution in [2.24, 2.45) is 5.73 Å². The fraction of sp³-hybridized carbons (Fsp3) is 0.455. The summed E-state index contributed by atoms with van der Waals surface area (Å²) in [5.41, 5.74) is 6.21. The normalized spacial score (nSPS) is 12.1. The van der Waals surface area contributed by atoms with E-state index in [1.165, 1.54) is 21.3 Å². The van der Waals surface area contributed by atoms with E-state index in [0.717, 1.165) is 0 Å². The van der Waals surface area contributed by atoms with Crippen molar-refractivity contribution in [2.75, 3.05) is 28.0 Å². The number of benzene rings is 1. The van der Waals surface area contributed by atoms with Crippen molar-refractivity contribution in [2.45, 2.75) is 6.04 Å². The molecule has 0 aliphatic heterocycles. The predicted molar refractivity (Wildman–Crippen MR) is 59.0 cm³/mol. The molecule has 1 aromatic carbocycles. The summed E-state index contributed by atoms with van der Waals surface area (Å²) in [5, 5.41) is 0. The second-order valence-corrected chi connectivity index (χ2v) is 3.22. The van der Waals surface area contributed by atoms with Gasteiger partial charge in [-0.25, -0.2) is 4.39 Å². The highest BCUT2D eigenvalue weighted by Crippen LogP contribution is 2.39. The Labute approximate surface area is 94.1 Å². The van der Waals surface area contributed by atoms with Gasteiger partial charge in [0.05, 0.1) is 27.4 Å². The molecular formula is C11H16FNO3. The molecule has 0 fully saturated rings. The average molecular weight is 229 g/mol. The van der Waals surface area contributed by atoms with Crippen molar-refractivity contribution in [3.8, 4) is 17.2 Å². The molecule has 0 unspecified atom stereocenters. The molecule has 1 rings (SSSR count). The smallest absolute Gasteiger partial charge is 0.203 e. The maximum atomic E-state index is 12.5. The predicted octanol–water partition coefficient (Wildman–Crippen LogP) is 1.68. The maximum Gasteiger partial charge on any atom is 0.203 e. The maximum absolute atomic E-state index is 12.5. The van der Waals surface area contributed by atoms with Gasteiger partial charge in [-0.1, -0.05) is 0 Å². The highest BCUT2D eigenvalue weighted by atomic mass is 19.1. The number of halogens is 1. The molecule has 0 amide bonds. The van der Waals surface area contributed by atoms with E-state index in [0.29, 0.717) is 22.8 Å². The number of hydrogen-bond donors (Lipinski definition) is 1. The van der Waals surface area contributed by atoms with Gasteiger partial charge in [-0.2, -0.15) is 0 Å². The molecule has 16 heavy (non-hydrogen) atoms. The van der Waals surface area contributed by atoms with Crippen LogP contribution in [0.3, 0.4) is 0 Å². The van der Waals surface area contributed by atoms with E-state index in [-0.39, 0.29) is 0 Å². The van der Waals surface area contributed by atoms with Gasteiger partial charge in [0.1, 0.15) is 6.67 Å². The summed E-state index contributed by atoms with van der Waals surface area (Å²) >= 11 is 0. The van der Waals surface area contributed by atoms with Crippen LogP contribution < -0.4 is 19.9 Å². The monoisotopic (exact) mass is 229 g/mol. The minimum atomic E-state index is -0.686. The third-order valence-corrected chi connectivity index (χ3v) is 2.28. The van der Waals surface area contributed by atoms with Crippen LogP contribution in [0.5, 0.6) is 17.2 Å². The van der Waals surface area contributed by atoms with Crippen LogP contribution >= 0.6 is 0 Å². The lowest BCUT2D eigenvalue weighted by Crippen LogP contribution is -2.12. The summed E-state index contributed by atoms with van der Waals surface area (Å²) in [5.74, 6) is 1.42. The average Bonchev–Trinajstić information content (AvgIpc) is 2.35. The van der Waals surface area contributed by atoms with Crippen molar-refractivity contribution in [1.82, 2.24) is 0 Å². The number of alkyl halides is 1. The third-order valence-electron chi connectivity index (χ3n) is 2.28. The molecule has 2 N–H and O–H groups in total. The number of ether oxygens (including phenoxy) is 3. The van der Waals surface area contributed by atoms with Crippen LogP contribution in [0.15, 0.2) is 12.1 Å². The molecule has 1 aromatic rings. The number of rotatable bonds is 5. The zero-order chi connectivity index (χ0) is 12.1. The Morgan fingerprint density at radius 1 is 1.12 bits per heavy atom. The molecule has 5 heteroatoms. The van der Waals surface area contributed by atoms with Crippen molar-refractivity contribution in [3.05, 3.63) is 17.7 Å². The van der Waals surface area contributed by atoms with Gasteiger partial charge >= 0.3 is 0 Å². The molecule has 0 aliphatic carbocycles. The number of hydrogen-bond acceptors (Lipinski definition) is 4. The third kappa shape index (κ3) is 2.36. The van der Waals surface area contributed by atoms with Crippen LogP contribution in [0.4, 0.5) is 4.39 Å². The Bertz CT molecular complexity index is 332. The molecule has 0 aliphatic rings. The summed E-state index contributed by atoms with van der Waals surface area (Å²) in [6, 6.07) is 2.60. The molecule has 0 radical (unpaired) electrons. The standard InChI is InChI=1S/C11H16FNO3/c1-14-9-4-7(8(13)6-12)5-10(15-2)11(9)16-3/h4-5,8H,6,13H2,1-3H3/t8-/m0/s1. The highest BCUT2D eigenvalue weighted by molar-refractivity contribution is 5.54. The first kappa shape index (κ1) is 12.6. The summed E-state index contributed by atoms with van der Waals surface area (Å²) in [6.07, 6.45) is 0. The Hall–Kier alpha value is -1.49. The van der Waals surface area contributed by atoms with Crippen molar-refractivity contribution < 1.29 is 18.6 Å². The SMILES string of the molecule is COc1cc([C@@H](N)CF)cc(OC)c1OC. The lowest BCUT2D eigenvalue weighted by Gasteiger charge is -2.16. The van der Waals surface area contributed by atoms with Crippen molar-refractivity contribution in [3.63, 3.8) is 0 Å². The minimum absolute atomic E-state index is 0.472. The van der Waals surface area contributed by atoms with E-state index in [1.807, 2.05) is 0 Å². The van der Waals surface area contributed by atoms with E-state index in [1.54, 1.807) is 12.1 Å². The van der Waals surface area contributed by atoms with Crippen LogP contribution in [0.2, 0.25) is 0 Å². The van der Waals surface area contributed by atoms with Gasteiger partial charge in [0.25, 0.3) is 0 Å². The molecule has 0 saturated heterocycles. The molecule has 0 saturated carbocycles. The molecule has 1 atom stereocenters. The Morgan fingerprint density at radius 3 is 1.94 bits per heavy atom. The fourth-order valence-corrected chi connectivity index (χ4v) is 1.40. The lowest BCUT2D eigenvalue weighted by atomic mass is 10.1. The van der Waals surface area contributed by atoms with E-state index in [4.69, 9.17) is 19.9 Å². The largest absolute Gasteiger partial charge is 0.493 e. The van der Waals surface area contributed by atoms with E-state index < -0.39 is 12.7 Å². The lowest BCUT2D eigenvalue weighted by molar-refractivity contribution is 0.322. The van der Waals surface area contributed by atoms with Gasteiger partial charge in [-0.05, 0) is 17.7 Å². The van der Waals surface area contributed by atoms with Gasteiger partial charge < -0.3 is 19.9 Å². The Morgan fingerprint density at radius 2 is 1.62 bits per heavy atom. The van der Waals surface area contributed by atoms with Crippen LogP contribution in [0.25, 0.3) is 0 Å². The van der Waals surface area contributed by atoms with Gasteiger partial charge in [0.2, 0.25) is 5.75 Å². The highest BCUT2D eigenvalue weighted by Gasteiger charge is 2.16. The molecule has 0 spiro atoms. The quantitative estimate of drug-likeness (QED) is 0.834. The summed E-state index contributed by atoms with van der Waals surface area (Å²) in [6.45, 7) is -0.640. The summed E-state index contributed by atoms with van der Waals surface area (Å²) in [4.78, 5) is 0. The molecule has 90 valence electrons. The Balaban J connectivity index is 3.25. The topological polar surface area (TPSA) is 53.7 Å². The van der Waals surface area contributed by atoms with Crippen LogP contribution in [-0.2, 0) is 0 Å². The van der Waals surface area contributed by atoms with Crippen LogP contribution in [0, 0.1) is 0 Å². The van der Waals surface area contributed by atoms with Crippen LogP contribution in [-0.4, -0.2) is 28.0 Å². The number of methoxy groups -OCH3 is 3. The molecule has 0 bridgehead atoms. The van der Waals surface area contributed by atoms with Crippen LogP contribution in [0.1, 0.15) is 11.6 Å². The van der Waals surface area contributed by atoms with Gasteiger partial charge in [-0.3, -0.25) is 0 Å². The fourth-order valence-electron chi connectivity index (χ4n) is 1.40. The van der Waals surface area contributed by atoms with Crippen molar-refractivity contribution >= 4 is 0 Å². The second-order valence-electron chi connectivity index (χ2n) is 3.22. The molecule has 4 nitrogen and oxygen atoms in total. The van der Waals surface area contributed by atoms with Crippen molar-refractivity contribution in [1.29, 1.82) is 0 Å². The van der Waals surface area contributed by atoms with Gasteiger partial charge in [-0.15, -0.1) is 0 Å². The first-order valence-electron chi connectivity index (χ1n) is 4.79. The van der Waals surface area contributed by atoms with E-state index >= 15 is 0 Å². The van der Waals surface area contributed by atoms with E-state index in [9.17, 15) is 4.39 Å². The second kappa shape index (κ2) is 5.55. The first-order chi connectivity index (χ1) is 7.67.